The number of hydrogen-bond acceptors (Lipinski definition) is 6. The molecule has 0 fully saturated rings. The molecule has 0 atom stereocenters. The number of ether oxygens (including phenoxy) is 1. The van der Waals surface area contributed by atoms with Crippen molar-refractivity contribution in [3.8, 4) is 0 Å². The van der Waals surface area contributed by atoms with E-state index in [0.29, 0.717) is 28.1 Å². The first kappa shape index (κ1) is 23.4. The van der Waals surface area contributed by atoms with Crippen molar-refractivity contribution in [2.75, 3.05) is 30.9 Å². The molecule has 9 heteroatoms. The number of nitrogens with zero attached hydrogens (tertiary/aromatic N) is 2. The van der Waals surface area contributed by atoms with E-state index in [1.165, 1.54) is 29.2 Å². The monoisotopic (exact) mass is 471 g/mol. The Balaban J connectivity index is 1.33. The van der Waals surface area contributed by atoms with Crippen LogP contribution in [0.4, 0.5) is 11.4 Å². The third kappa shape index (κ3) is 4.79. The van der Waals surface area contributed by atoms with Crippen molar-refractivity contribution in [3.63, 3.8) is 0 Å². The number of carbonyl (C=O) groups is 5. The topological polar surface area (TPSA) is 113 Å². The molecule has 0 saturated carbocycles. The van der Waals surface area contributed by atoms with Gasteiger partial charge in [-0.1, -0.05) is 12.1 Å². The summed E-state index contributed by atoms with van der Waals surface area (Å²) in [4.78, 5) is 64.0. The van der Waals surface area contributed by atoms with E-state index in [1.54, 1.807) is 62.6 Å². The van der Waals surface area contributed by atoms with E-state index in [2.05, 4.69) is 5.32 Å². The van der Waals surface area contributed by atoms with Crippen LogP contribution in [0.1, 0.15) is 41.4 Å². The van der Waals surface area contributed by atoms with Crippen LogP contribution in [0, 0.1) is 0 Å². The summed E-state index contributed by atoms with van der Waals surface area (Å²) in [5.74, 6) is -2.31. The molecule has 3 aromatic carbocycles. The van der Waals surface area contributed by atoms with Crippen LogP contribution in [0.15, 0.2) is 72.8 Å². The summed E-state index contributed by atoms with van der Waals surface area (Å²) < 4.78 is 5.05. The highest BCUT2D eigenvalue weighted by Gasteiger charge is 2.36. The van der Waals surface area contributed by atoms with Gasteiger partial charge < -0.3 is 15.0 Å². The van der Waals surface area contributed by atoms with E-state index in [4.69, 9.17) is 4.74 Å². The third-order valence-electron chi connectivity index (χ3n) is 5.31. The number of fused-ring (bicyclic) bond motifs is 1. The molecule has 3 aromatic rings. The number of benzene rings is 3. The lowest BCUT2D eigenvalue weighted by Gasteiger charge is -2.14. The fourth-order valence-corrected chi connectivity index (χ4v) is 3.54. The summed E-state index contributed by atoms with van der Waals surface area (Å²) in [7, 11) is 3.29. The molecule has 9 nitrogen and oxygen atoms in total. The maximum absolute atomic E-state index is 12.6. The van der Waals surface area contributed by atoms with Gasteiger partial charge in [0.25, 0.3) is 23.6 Å². The number of carbonyl (C=O) groups excluding carboxylic acids is 5. The van der Waals surface area contributed by atoms with Gasteiger partial charge in [-0.15, -0.1) is 0 Å². The highest BCUT2D eigenvalue weighted by Crippen LogP contribution is 2.28. The summed E-state index contributed by atoms with van der Waals surface area (Å²) in [6.07, 6.45) is 0. The Kier molecular flexibility index (Phi) is 6.41. The van der Waals surface area contributed by atoms with Crippen LogP contribution in [-0.4, -0.2) is 55.2 Å². The standard InChI is InChI=1S/C26H21N3O6/c1-28(2)23(31)16-7-11-18(12-8-16)27-22(30)15-35-26(34)17-9-13-19(14-10-17)29-24(32)20-5-3-4-6-21(20)25(29)33/h3-14H,15H2,1-2H3,(H,27,30). The van der Waals surface area contributed by atoms with Crippen LogP contribution in [0.3, 0.4) is 0 Å². The van der Waals surface area contributed by atoms with Crippen molar-refractivity contribution in [1.29, 1.82) is 0 Å². The minimum absolute atomic E-state index is 0.157. The summed E-state index contributed by atoms with van der Waals surface area (Å²) in [5.41, 5.74) is 2.05. The molecule has 0 radical (unpaired) electrons. The van der Waals surface area contributed by atoms with Crippen molar-refractivity contribution in [2.45, 2.75) is 0 Å². The Hall–Kier alpha value is -4.79. The molecule has 35 heavy (non-hydrogen) atoms. The van der Waals surface area contributed by atoms with Gasteiger partial charge in [0.2, 0.25) is 0 Å². The van der Waals surface area contributed by atoms with Gasteiger partial charge in [-0.05, 0) is 60.7 Å². The first-order valence-electron chi connectivity index (χ1n) is 10.6. The number of imide groups is 1. The van der Waals surface area contributed by atoms with E-state index in [9.17, 15) is 24.0 Å². The smallest absolute Gasteiger partial charge is 0.338 e. The minimum atomic E-state index is -0.735. The van der Waals surface area contributed by atoms with Gasteiger partial charge in [-0.3, -0.25) is 19.2 Å². The summed E-state index contributed by atoms with van der Waals surface area (Å²) in [5, 5.41) is 2.59. The summed E-state index contributed by atoms with van der Waals surface area (Å²) in [6.45, 7) is -0.516. The molecular weight excluding hydrogens is 450 g/mol. The fourth-order valence-electron chi connectivity index (χ4n) is 3.54. The Morgan fingerprint density at radius 3 is 1.89 bits per heavy atom. The molecule has 1 aliphatic heterocycles. The quantitative estimate of drug-likeness (QED) is 0.437. The molecule has 1 N–H and O–H groups in total. The molecule has 4 rings (SSSR count). The molecule has 0 bridgehead atoms. The van der Waals surface area contributed by atoms with Crippen LogP contribution in [0.25, 0.3) is 0 Å². The van der Waals surface area contributed by atoms with E-state index in [-0.39, 0.29) is 11.5 Å². The molecule has 0 unspecified atom stereocenters. The molecule has 0 aromatic heterocycles. The van der Waals surface area contributed by atoms with Crippen molar-refractivity contribution in [3.05, 3.63) is 95.1 Å². The average Bonchev–Trinajstić information content (AvgIpc) is 3.12. The molecule has 1 heterocycles. The maximum atomic E-state index is 12.6. The average molecular weight is 471 g/mol. The lowest BCUT2D eigenvalue weighted by atomic mass is 10.1. The summed E-state index contributed by atoms with van der Waals surface area (Å²) >= 11 is 0. The van der Waals surface area contributed by atoms with Crippen molar-refractivity contribution < 1.29 is 28.7 Å². The number of esters is 1. The lowest BCUT2D eigenvalue weighted by Crippen LogP contribution is -2.29. The molecule has 1 aliphatic rings. The van der Waals surface area contributed by atoms with Crippen LogP contribution in [0.2, 0.25) is 0 Å². The molecule has 0 spiro atoms. The SMILES string of the molecule is CN(C)C(=O)c1ccc(NC(=O)COC(=O)c2ccc(N3C(=O)c4ccccc4C3=O)cc2)cc1. The number of nitrogens with one attached hydrogen (secondary N) is 1. The Morgan fingerprint density at radius 2 is 1.34 bits per heavy atom. The van der Waals surface area contributed by atoms with E-state index >= 15 is 0 Å². The molecule has 0 saturated heterocycles. The second-order valence-electron chi connectivity index (χ2n) is 7.94. The zero-order valence-electron chi connectivity index (χ0n) is 19.0. The van der Waals surface area contributed by atoms with E-state index < -0.39 is 30.3 Å². The number of hydrogen-bond donors (Lipinski definition) is 1. The normalized spacial score (nSPS) is 12.2. The molecule has 176 valence electrons. The van der Waals surface area contributed by atoms with Gasteiger partial charge in [0, 0.05) is 25.3 Å². The van der Waals surface area contributed by atoms with Crippen LogP contribution in [-0.2, 0) is 9.53 Å². The Bertz CT molecular complexity index is 1290. The Morgan fingerprint density at radius 1 is 0.800 bits per heavy atom. The Labute approximate surface area is 200 Å². The van der Waals surface area contributed by atoms with E-state index in [0.717, 1.165) is 4.90 Å². The maximum Gasteiger partial charge on any atom is 0.338 e. The van der Waals surface area contributed by atoms with Gasteiger partial charge in [-0.2, -0.15) is 0 Å². The first-order valence-corrected chi connectivity index (χ1v) is 10.6. The predicted octanol–water partition coefficient (Wildman–Crippen LogP) is 2.98. The number of rotatable bonds is 6. The van der Waals surface area contributed by atoms with Gasteiger partial charge in [0.1, 0.15) is 0 Å². The molecule has 4 amide bonds. The van der Waals surface area contributed by atoms with E-state index in [1.807, 2.05) is 0 Å². The zero-order valence-corrected chi connectivity index (χ0v) is 19.0. The van der Waals surface area contributed by atoms with Crippen molar-refractivity contribution >= 4 is 41.0 Å². The largest absolute Gasteiger partial charge is 0.452 e. The highest BCUT2D eigenvalue weighted by atomic mass is 16.5. The van der Waals surface area contributed by atoms with Crippen LogP contribution < -0.4 is 10.2 Å². The molecule has 0 aliphatic carbocycles. The highest BCUT2D eigenvalue weighted by molar-refractivity contribution is 6.34. The van der Waals surface area contributed by atoms with Gasteiger partial charge in [-0.25, -0.2) is 9.69 Å². The van der Waals surface area contributed by atoms with Crippen molar-refractivity contribution in [1.82, 2.24) is 4.90 Å². The van der Waals surface area contributed by atoms with Gasteiger partial charge in [0.05, 0.1) is 22.4 Å². The second-order valence-corrected chi connectivity index (χ2v) is 7.94. The lowest BCUT2D eigenvalue weighted by molar-refractivity contribution is -0.119. The first-order chi connectivity index (χ1) is 16.8. The number of anilines is 2. The third-order valence-corrected chi connectivity index (χ3v) is 5.31. The van der Waals surface area contributed by atoms with Gasteiger partial charge >= 0.3 is 5.97 Å². The fraction of sp³-hybridized carbons (Fsp3) is 0.115. The van der Waals surface area contributed by atoms with Gasteiger partial charge in [0.15, 0.2) is 6.61 Å². The summed E-state index contributed by atoms with van der Waals surface area (Å²) in [6, 6.07) is 18.6. The molecular formula is C26H21N3O6. The second kappa shape index (κ2) is 9.60. The van der Waals surface area contributed by atoms with Crippen LogP contribution in [0.5, 0.6) is 0 Å². The van der Waals surface area contributed by atoms with Crippen molar-refractivity contribution in [2.24, 2.45) is 0 Å². The minimum Gasteiger partial charge on any atom is -0.452 e. The zero-order chi connectivity index (χ0) is 25.1. The predicted molar refractivity (Wildman–Crippen MR) is 127 cm³/mol. The number of amides is 4. The van der Waals surface area contributed by atoms with Crippen LogP contribution >= 0.6 is 0 Å².